The molecule has 0 aliphatic carbocycles. The molecule has 0 saturated carbocycles. The zero-order valence-electron chi connectivity index (χ0n) is 5.68. The van der Waals surface area contributed by atoms with Gasteiger partial charge in [0, 0.05) is 25.9 Å². The summed E-state index contributed by atoms with van der Waals surface area (Å²) in [5.41, 5.74) is 0. The summed E-state index contributed by atoms with van der Waals surface area (Å²) in [5, 5.41) is 0. The van der Waals surface area contributed by atoms with Crippen LogP contribution in [0.25, 0.3) is 0 Å². The molecule has 0 heterocycles. The Morgan fingerprint density at radius 3 is 1.75 bits per heavy atom. The lowest BCUT2D eigenvalue weighted by molar-refractivity contribution is 0.473. The van der Waals surface area contributed by atoms with Crippen LogP contribution in [-0.4, -0.2) is 17.4 Å². The van der Waals surface area contributed by atoms with Crippen molar-refractivity contribution >= 4 is 12.8 Å². The molecule has 8 heavy (non-hydrogen) atoms. The highest BCUT2D eigenvalue weighted by molar-refractivity contribution is 7.77. The van der Waals surface area contributed by atoms with Crippen molar-refractivity contribution in [3.8, 4) is 0 Å². The molecule has 0 atom stereocenters. The molecule has 0 fully saturated rings. The van der Waals surface area contributed by atoms with Gasteiger partial charge in [-0.25, -0.2) is 4.31 Å². The molecule has 0 aromatic rings. The number of hydrogen-bond acceptors (Lipinski definition) is 1. The molecule has 0 saturated heterocycles. The third-order valence-electron chi connectivity index (χ3n) is 0.946. The van der Waals surface area contributed by atoms with Crippen LogP contribution in [0.15, 0.2) is 0 Å². The van der Waals surface area contributed by atoms with E-state index in [1.54, 1.807) is 0 Å². The van der Waals surface area contributed by atoms with Crippen LogP contribution < -0.4 is 0 Å². The molecule has 2 heteroatoms. The standard InChI is InChI=1S/C6H14NS/c1-3-5-7(8)6-4-2/h3-6H2,1-2H3. The van der Waals surface area contributed by atoms with E-state index in [1.165, 1.54) is 12.8 Å². The predicted molar refractivity (Wildman–Crippen MR) is 39.7 cm³/mol. The van der Waals surface area contributed by atoms with Crippen LogP contribution in [0.5, 0.6) is 0 Å². The van der Waals surface area contributed by atoms with Gasteiger partial charge in [-0.1, -0.05) is 13.8 Å². The maximum Gasteiger partial charge on any atom is 0.00950 e. The van der Waals surface area contributed by atoms with Crippen molar-refractivity contribution in [1.82, 2.24) is 4.31 Å². The number of hydrogen-bond donors (Lipinski definition) is 0. The molecule has 0 aliphatic rings. The molecular formula is C6H14NS. The van der Waals surface area contributed by atoms with Crippen molar-refractivity contribution in [2.45, 2.75) is 26.7 Å². The third kappa shape index (κ3) is 4.47. The van der Waals surface area contributed by atoms with Crippen molar-refractivity contribution < 1.29 is 0 Å². The minimum Gasteiger partial charge on any atom is -0.240 e. The molecule has 0 bridgehead atoms. The Hall–Kier alpha value is 0.310. The number of nitrogens with zero attached hydrogens (tertiary/aromatic N) is 1. The van der Waals surface area contributed by atoms with Gasteiger partial charge in [0.1, 0.15) is 0 Å². The largest absolute Gasteiger partial charge is 0.240 e. The fourth-order valence-electron chi connectivity index (χ4n) is 0.611. The summed E-state index contributed by atoms with van der Waals surface area (Å²) in [6.07, 6.45) is 2.34. The van der Waals surface area contributed by atoms with Gasteiger partial charge in [0.05, 0.1) is 0 Å². The van der Waals surface area contributed by atoms with E-state index >= 15 is 0 Å². The minimum atomic E-state index is 1.06. The summed E-state index contributed by atoms with van der Waals surface area (Å²) in [5.74, 6) is 0. The zero-order valence-corrected chi connectivity index (χ0v) is 6.50. The Morgan fingerprint density at radius 2 is 1.50 bits per heavy atom. The molecule has 49 valence electrons. The lowest BCUT2D eigenvalue weighted by Gasteiger charge is -2.09. The topological polar surface area (TPSA) is 3.24 Å². The van der Waals surface area contributed by atoms with Gasteiger partial charge < -0.3 is 0 Å². The van der Waals surface area contributed by atoms with E-state index in [9.17, 15) is 0 Å². The van der Waals surface area contributed by atoms with Crippen molar-refractivity contribution in [3.63, 3.8) is 0 Å². The quantitative estimate of drug-likeness (QED) is 0.567. The average Bonchev–Trinajstić information content (AvgIpc) is 1.68. The first-order valence-corrected chi connectivity index (χ1v) is 3.59. The second-order valence-corrected chi connectivity index (χ2v) is 2.45. The van der Waals surface area contributed by atoms with E-state index in [0.717, 1.165) is 13.1 Å². The van der Waals surface area contributed by atoms with Gasteiger partial charge in [-0.2, -0.15) is 0 Å². The van der Waals surface area contributed by atoms with E-state index in [1.807, 2.05) is 4.31 Å². The highest BCUT2D eigenvalue weighted by atomic mass is 32.1. The minimum absolute atomic E-state index is 1.06. The van der Waals surface area contributed by atoms with Crippen LogP contribution in [0.1, 0.15) is 26.7 Å². The SMILES string of the molecule is CCCN([S])CCC. The summed E-state index contributed by atoms with van der Waals surface area (Å²) in [7, 11) is 0. The van der Waals surface area contributed by atoms with Gasteiger partial charge in [0.15, 0.2) is 0 Å². The molecule has 0 aromatic heterocycles. The zero-order chi connectivity index (χ0) is 6.41. The summed E-state index contributed by atoms with van der Waals surface area (Å²) >= 11 is 4.97. The van der Waals surface area contributed by atoms with E-state index in [-0.39, 0.29) is 0 Å². The second kappa shape index (κ2) is 5.45. The van der Waals surface area contributed by atoms with Gasteiger partial charge in [0.25, 0.3) is 0 Å². The first-order valence-electron chi connectivity index (χ1n) is 3.23. The van der Waals surface area contributed by atoms with Crippen molar-refractivity contribution in [2.24, 2.45) is 0 Å². The van der Waals surface area contributed by atoms with Crippen LogP contribution in [-0.2, 0) is 0 Å². The smallest absolute Gasteiger partial charge is 0.00950 e. The lowest BCUT2D eigenvalue weighted by atomic mass is 10.4. The number of rotatable bonds is 4. The molecule has 0 aromatic carbocycles. The summed E-state index contributed by atoms with van der Waals surface area (Å²) < 4.78 is 1.94. The molecule has 1 radical (unpaired) electrons. The molecule has 0 rings (SSSR count). The van der Waals surface area contributed by atoms with Crippen LogP contribution in [0.2, 0.25) is 0 Å². The Labute approximate surface area is 57.6 Å². The van der Waals surface area contributed by atoms with Gasteiger partial charge >= 0.3 is 0 Å². The molecule has 0 unspecified atom stereocenters. The molecule has 0 spiro atoms. The van der Waals surface area contributed by atoms with Gasteiger partial charge in [-0.15, -0.1) is 0 Å². The Morgan fingerprint density at radius 1 is 1.12 bits per heavy atom. The van der Waals surface area contributed by atoms with Crippen molar-refractivity contribution in [2.75, 3.05) is 13.1 Å². The average molecular weight is 132 g/mol. The monoisotopic (exact) mass is 132 g/mol. The predicted octanol–water partition coefficient (Wildman–Crippen LogP) is 2.22. The highest BCUT2D eigenvalue weighted by Crippen LogP contribution is 1.95. The molecular weight excluding hydrogens is 118 g/mol. The third-order valence-corrected chi connectivity index (χ3v) is 1.31. The van der Waals surface area contributed by atoms with Gasteiger partial charge in [-0.05, 0) is 12.8 Å². The Bertz CT molecular complexity index is 41.8. The van der Waals surface area contributed by atoms with E-state index in [2.05, 4.69) is 13.8 Å². The van der Waals surface area contributed by atoms with Crippen LogP contribution in [0.3, 0.4) is 0 Å². The van der Waals surface area contributed by atoms with Crippen molar-refractivity contribution in [1.29, 1.82) is 0 Å². The van der Waals surface area contributed by atoms with Gasteiger partial charge in [0.2, 0.25) is 0 Å². The van der Waals surface area contributed by atoms with E-state index in [0.29, 0.717) is 0 Å². The summed E-state index contributed by atoms with van der Waals surface area (Å²) in [4.78, 5) is 0. The highest BCUT2D eigenvalue weighted by Gasteiger charge is 1.92. The van der Waals surface area contributed by atoms with Gasteiger partial charge in [-0.3, -0.25) is 0 Å². The fourth-order valence-corrected chi connectivity index (χ4v) is 0.976. The Balaban J connectivity index is 2.92. The summed E-state index contributed by atoms with van der Waals surface area (Å²) in [6, 6.07) is 0. The fraction of sp³-hybridized carbons (Fsp3) is 1.00. The molecule has 0 amide bonds. The second-order valence-electron chi connectivity index (χ2n) is 1.93. The molecule has 0 N–H and O–H groups in total. The maximum absolute atomic E-state index is 4.97. The Kier molecular flexibility index (Phi) is 5.66. The van der Waals surface area contributed by atoms with Crippen LogP contribution >= 0.6 is 12.8 Å². The maximum atomic E-state index is 4.97. The van der Waals surface area contributed by atoms with E-state index < -0.39 is 0 Å². The first-order chi connectivity index (χ1) is 3.81. The molecule has 1 nitrogen and oxygen atoms in total. The first kappa shape index (κ1) is 8.31. The van der Waals surface area contributed by atoms with E-state index in [4.69, 9.17) is 12.8 Å². The summed E-state index contributed by atoms with van der Waals surface area (Å²) in [6.45, 7) is 6.41. The molecule has 0 aliphatic heterocycles. The normalized spacial score (nSPS) is 10.5. The van der Waals surface area contributed by atoms with Crippen LogP contribution in [0.4, 0.5) is 0 Å². The van der Waals surface area contributed by atoms with Crippen LogP contribution in [0, 0.1) is 0 Å². The lowest BCUT2D eigenvalue weighted by Crippen LogP contribution is -2.13. The van der Waals surface area contributed by atoms with Crippen molar-refractivity contribution in [3.05, 3.63) is 0 Å².